The number of sulfonamides is 1. The molecule has 0 bridgehead atoms. The van der Waals surface area contributed by atoms with Crippen molar-refractivity contribution in [2.45, 2.75) is 6.92 Å². The van der Waals surface area contributed by atoms with Gasteiger partial charge in [0.15, 0.2) is 11.5 Å². The predicted octanol–water partition coefficient (Wildman–Crippen LogP) is 2.23. The minimum Gasteiger partial charge on any atom is -0.497 e. The summed E-state index contributed by atoms with van der Waals surface area (Å²) in [5.41, 5.74) is 0.681. The zero-order valence-corrected chi connectivity index (χ0v) is 17.1. The van der Waals surface area contributed by atoms with Gasteiger partial charge in [0.1, 0.15) is 18.0 Å². The molecular weight excluding hydrogens is 400 g/mol. The van der Waals surface area contributed by atoms with Crippen LogP contribution in [0.4, 0.5) is 11.4 Å². The molecule has 156 valence electrons. The lowest BCUT2D eigenvalue weighted by Crippen LogP contribution is -2.39. The predicted molar refractivity (Wildman–Crippen MR) is 108 cm³/mol. The number of nitrogens with one attached hydrogen (secondary N) is 1. The number of rotatable bonds is 8. The fraction of sp³-hybridized carbons (Fsp3) is 0.316. The van der Waals surface area contributed by atoms with Gasteiger partial charge in [-0.15, -0.1) is 0 Å². The standard InChI is InChI=1S/C19H22N2O7S/c1-4-29(23,24)21(13-5-7-17-18(9-13)28-12-27-17)11-19(22)20-15-10-14(25-2)6-8-16(15)26-3/h5-10H,4,11-12H2,1-3H3,(H,20,22). The molecule has 9 nitrogen and oxygen atoms in total. The van der Waals surface area contributed by atoms with Gasteiger partial charge in [0.05, 0.1) is 31.3 Å². The largest absolute Gasteiger partial charge is 0.497 e. The molecule has 1 amide bonds. The fourth-order valence-electron chi connectivity index (χ4n) is 2.78. The molecule has 0 unspecified atom stereocenters. The maximum Gasteiger partial charge on any atom is 0.245 e. The normalized spacial score (nSPS) is 12.4. The van der Waals surface area contributed by atoms with Crippen molar-refractivity contribution < 1.29 is 32.2 Å². The number of fused-ring (bicyclic) bond motifs is 1. The number of amides is 1. The van der Waals surface area contributed by atoms with Crippen LogP contribution in [0.5, 0.6) is 23.0 Å². The average Bonchev–Trinajstić information content (AvgIpc) is 3.19. The van der Waals surface area contributed by atoms with Crippen LogP contribution in [-0.4, -0.2) is 47.6 Å². The molecule has 0 saturated carbocycles. The van der Waals surface area contributed by atoms with E-state index in [0.717, 1.165) is 4.31 Å². The van der Waals surface area contributed by atoms with E-state index in [0.29, 0.717) is 34.4 Å². The maximum absolute atomic E-state index is 12.7. The first-order valence-corrected chi connectivity index (χ1v) is 10.4. The molecular formula is C19H22N2O7S. The lowest BCUT2D eigenvalue weighted by atomic mass is 10.2. The van der Waals surface area contributed by atoms with E-state index in [-0.39, 0.29) is 12.5 Å². The third-order valence-corrected chi connectivity index (χ3v) is 6.05. The Labute approximate surface area is 169 Å². The van der Waals surface area contributed by atoms with Gasteiger partial charge in [-0.2, -0.15) is 0 Å². The molecule has 0 spiro atoms. The van der Waals surface area contributed by atoms with Gasteiger partial charge in [-0.05, 0) is 31.2 Å². The molecule has 1 aliphatic heterocycles. The van der Waals surface area contributed by atoms with Gasteiger partial charge in [-0.3, -0.25) is 9.10 Å². The van der Waals surface area contributed by atoms with E-state index in [9.17, 15) is 13.2 Å². The summed E-state index contributed by atoms with van der Waals surface area (Å²) in [6.45, 7) is 1.16. The summed E-state index contributed by atoms with van der Waals surface area (Å²) < 4.78 is 47.3. The molecule has 0 fully saturated rings. The van der Waals surface area contributed by atoms with E-state index in [4.69, 9.17) is 18.9 Å². The first-order valence-electron chi connectivity index (χ1n) is 8.80. The minimum atomic E-state index is -3.73. The van der Waals surface area contributed by atoms with Crippen LogP contribution in [0, 0.1) is 0 Å². The lowest BCUT2D eigenvalue weighted by Gasteiger charge is -2.23. The molecule has 1 heterocycles. The summed E-state index contributed by atoms with van der Waals surface area (Å²) in [6.07, 6.45) is 0. The van der Waals surface area contributed by atoms with E-state index in [2.05, 4.69) is 5.32 Å². The van der Waals surface area contributed by atoms with Gasteiger partial charge >= 0.3 is 0 Å². The highest BCUT2D eigenvalue weighted by Gasteiger charge is 2.26. The summed E-state index contributed by atoms with van der Waals surface area (Å²) in [6, 6.07) is 9.64. The third-order valence-electron chi connectivity index (χ3n) is 4.31. The van der Waals surface area contributed by atoms with E-state index >= 15 is 0 Å². The highest BCUT2D eigenvalue weighted by molar-refractivity contribution is 7.92. The molecule has 3 rings (SSSR count). The molecule has 10 heteroatoms. The van der Waals surface area contributed by atoms with Gasteiger partial charge in [0, 0.05) is 12.1 Å². The van der Waals surface area contributed by atoms with Crippen molar-refractivity contribution in [2.75, 3.05) is 42.9 Å². The van der Waals surface area contributed by atoms with E-state index in [1.54, 1.807) is 30.3 Å². The Hall–Kier alpha value is -3.14. The van der Waals surface area contributed by atoms with Gasteiger partial charge in [-0.1, -0.05) is 0 Å². The molecule has 0 saturated heterocycles. The Kier molecular flexibility index (Phi) is 6.02. The van der Waals surface area contributed by atoms with Crippen LogP contribution in [0.2, 0.25) is 0 Å². The topological polar surface area (TPSA) is 103 Å². The van der Waals surface area contributed by atoms with Crippen molar-refractivity contribution in [1.82, 2.24) is 0 Å². The molecule has 0 atom stereocenters. The Morgan fingerprint density at radius 1 is 1.10 bits per heavy atom. The third kappa shape index (κ3) is 4.48. The Morgan fingerprint density at radius 2 is 1.86 bits per heavy atom. The van der Waals surface area contributed by atoms with Crippen LogP contribution in [0.3, 0.4) is 0 Å². The molecule has 0 aliphatic carbocycles. The number of carbonyl (C=O) groups is 1. The molecule has 2 aromatic carbocycles. The van der Waals surface area contributed by atoms with Crippen molar-refractivity contribution in [3.63, 3.8) is 0 Å². The number of hydrogen-bond acceptors (Lipinski definition) is 7. The maximum atomic E-state index is 12.7. The summed E-state index contributed by atoms with van der Waals surface area (Å²) in [5, 5.41) is 2.68. The van der Waals surface area contributed by atoms with Crippen LogP contribution in [0.25, 0.3) is 0 Å². The number of nitrogens with zero attached hydrogens (tertiary/aromatic N) is 1. The lowest BCUT2D eigenvalue weighted by molar-refractivity contribution is -0.114. The van der Waals surface area contributed by atoms with Gasteiger partial charge in [0.2, 0.25) is 22.7 Å². The summed E-state index contributed by atoms with van der Waals surface area (Å²) >= 11 is 0. The van der Waals surface area contributed by atoms with Crippen LogP contribution in [0.1, 0.15) is 6.92 Å². The zero-order valence-electron chi connectivity index (χ0n) is 16.3. The summed E-state index contributed by atoms with van der Waals surface area (Å²) in [7, 11) is -0.754. The smallest absolute Gasteiger partial charge is 0.245 e. The SMILES string of the molecule is CCS(=O)(=O)N(CC(=O)Nc1cc(OC)ccc1OC)c1ccc2c(c1)OCO2. The number of hydrogen-bond donors (Lipinski definition) is 1. The molecule has 1 N–H and O–H groups in total. The Morgan fingerprint density at radius 3 is 2.55 bits per heavy atom. The second-order valence-corrected chi connectivity index (χ2v) is 8.24. The average molecular weight is 422 g/mol. The molecule has 0 radical (unpaired) electrons. The second kappa shape index (κ2) is 8.48. The van der Waals surface area contributed by atoms with Gasteiger partial charge < -0.3 is 24.3 Å². The Balaban J connectivity index is 1.86. The Bertz CT molecular complexity index is 1010. The van der Waals surface area contributed by atoms with Crippen molar-refractivity contribution in [1.29, 1.82) is 0 Å². The van der Waals surface area contributed by atoms with Gasteiger partial charge in [-0.25, -0.2) is 8.42 Å². The second-order valence-electron chi connectivity index (χ2n) is 6.06. The summed E-state index contributed by atoms with van der Waals surface area (Å²) in [4.78, 5) is 12.7. The number of ether oxygens (including phenoxy) is 4. The van der Waals surface area contributed by atoms with Crippen LogP contribution in [0.15, 0.2) is 36.4 Å². The van der Waals surface area contributed by atoms with Crippen LogP contribution in [-0.2, 0) is 14.8 Å². The van der Waals surface area contributed by atoms with E-state index in [1.807, 2.05) is 0 Å². The van der Waals surface area contributed by atoms with E-state index in [1.165, 1.54) is 27.2 Å². The number of anilines is 2. The molecule has 2 aromatic rings. The monoisotopic (exact) mass is 422 g/mol. The van der Waals surface area contributed by atoms with E-state index < -0.39 is 22.5 Å². The van der Waals surface area contributed by atoms with Crippen molar-refractivity contribution in [2.24, 2.45) is 0 Å². The number of methoxy groups -OCH3 is 2. The van der Waals surface area contributed by atoms with Crippen LogP contribution < -0.4 is 28.6 Å². The summed E-state index contributed by atoms with van der Waals surface area (Å²) in [5.74, 6) is 1.19. The molecule has 29 heavy (non-hydrogen) atoms. The number of benzene rings is 2. The highest BCUT2D eigenvalue weighted by atomic mass is 32.2. The number of carbonyl (C=O) groups excluding carboxylic acids is 1. The van der Waals surface area contributed by atoms with Crippen molar-refractivity contribution in [3.05, 3.63) is 36.4 Å². The van der Waals surface area contributed by atoms with Crippen LogP contribution >= 0.6 is 0 Å². The minimum absolute atomic E-state index is 0.0649. The quantitative estimate of drug-likeness (QED) is 0.696. The fourth-order valence-corrected chi connectivity index (χ4v) is 3.84. The van der Waals surface area contributed by atoms with Crippen molar-refractivity contribution in [3.8, 4) is 23.0 Å². The van der Waals surface area contributed by atoms with Crippen molar-refractivity contribution >= 4 is 27.3 Å². The zero-order chi connectivity index (χ0) is 21.0. The molecule has 0 aromatic heterocycles. The van der Waals surface area contributed by atoms with Gasteiger partial charge in [0.25, 0.3) is 0 Å². The molecule has 1 aliphatic rings. The first kappa shape index (κ1) is 20.6. The first-order chi connectivity index (χ1) is 13.9. The highest BCUT2D eigenvalue weighted by Crippen LogP contribution is 2.36.